The SMILES string of the molecule is O=C(O)c1cc(NC(=O)C2(C(F)F)CCC2)n[nH]1. The van der Waals surface area contributed by atoms with Gasteiger partial charge in [-0.2, -0.15) is 5.10 Å². The van der Waals surface area contributed by atoms with Gasteiger partial charge in [-0.15, -0.1) is 0 Å². The first-order chi connectivity index (χ1) is 8.45. The van der Waals surface area contributed by atoms with Crippen LogP contribution >= 0.6 is 0 Å². The van der Waals surface area contributed by atoms with Gasteiger partial charge in [0.15, 0.2) is 5.82 Å². The van der Waals surface area contributed by atoms with Gasteiger partial charge in [0.25, 0.3) is 6.43 Å². The number of carbonyl (C=O) groups excluding carboxylic acids is 1. The topological polar surface area (TPSA) is 95.1 Å². The molecule has 0 unspecified atom stereocenters. The number of hydrogen-bond donors (Lipinski definition) is 3. The van der Waals surface area contributed by atoms with Gasteiger partial charge in [-0.1, -0.05) is 6.42 Å². The lowest BCUT2D eigenvalue weighted by Crippen LogP contribution is -2.47. The third kappa shape index (κ3) is 1.93. The summed E-state index contributed by atoms with van der Waals surface area (Å²) in [7, 11) is 0. The molecule has 6 nitrogen and oxygen atoms in total. The lowest BCUT2D eigenvalue weighted by atomic mass is 9.68. The minimum atomic E-state index is -2.73. The lowest BCUT2D eigenvalue weighted by molar-refractivity contribution is -0.144. The van der Waals surface area contributed by atoms with Crippen LogP contribution in [0.25, 0.3) is 0 Å². The highest BCUT2D eigenvalue weighted by Crippen LogP contribution is 2.46. The molecule has 18 heavy (non-hydrogen) atoms. The third-order valence-corrected chi connectivity index (χ3v) is 3.17. The summed E-state index contributed by atoms with van der Waals surface area (Å²) in [6.45, 7) is 0. The predicted molar refractivity (Wildman–Crippen MR) is 56.5 cm³/mol. The molecular formula is C10H11F2N3O3. The highest BCUT2D eigenvalue weighted by atomic mass is 19.3. The minimum Gasteiger partial charge on any atom is -0.477 e. The van der Waals surface area contributed by atoms with E-state index in [0.29, 0.717) is 6.42 Å². The number of hydrogen-bond acceptors (Lipinski definition) is 3. The molecule has 0 radical (unpaired) electrons. The Kier molecular flexibility index (Phi) is 3.02. The second-order valence-corrected chi connectivity index (χ2v) is 4.24. The molecule has 1 fully saturated rings. The largest absolute Gasteiger partial charge is 0.477 e. The average Bonchev–Trinajstić information content (AvgIpc) is 2.63. The Morgan fingerprint density at radius 1 is 1.50 bits per heavy atom. The van der Waals surface area contributed by atoms with E-state index in [-0.39, 0.29) is 24.4 Å². The molecule has 0 aromatic carbocycles. The van der Waals surface area contributed by atoms with Crippen molar-refractivity contribution >= 4 is 17.7 Å². The number of nitrogens with zero attached hydrogens (tertiary/aromatic N) is 1. The summed E-state index contributed by atoms with van der Waals surface area (Å²) in [5.41, 5.74) is -1.87. The first kappa shape index (κ1) is 12.5. The van der Waals surface area contributed by atoms with Crippen molar-refractivity contribution in [3.8, 4) is 0 Å². The Bertz CT molecular complexity index is 482. The number of aromatic amines is 1. The second kappa shape index (κ2) is 4.35. The number of halogens is 2. The van der Waals surface area contributed by atoms with Crippen LogP contribution in [0.2, 0.25) is 0 Å². The fourth-order valence-electron chi connectivity index (χ4n) is 1.84. The quantitative estimate of drug-likeness (QED) is 0.763. The Balaban J connectivity index is 2.08. The third-order valence-electron chi connectivity index (χ3n) is 3.17. The van der Waals surface area contributed by atoms with Crippen LogP contribution in [0.1, 0.15) is 29.8 Å². The van der Waals surface area contributed by atoms with Gasteiger partial charge in [0.1, 0.15) is 11.1 Å². The van der Waals surface area contributed by atoms with E-state index in [9.17, 15) is 18.4 Å². The Labute approximate surface area is 100 Å². The van der Waals surface area contributed by atoms with Crippen LogP contribution in [0, 0.1) is 5.41 Å². The van der Waals surface area contributed by atoms with Crippen LogP contribution < -0.4 is 5.32 Å². The molecule has 1 amide bonds. The first-order valence-corrected chi connectivity index (χ1v) is 5.34. The molecule has 0 bridgehead atoms. The van der Waals surface area contributed by atoms with E-state index in [1.807, 2.05) is 0 Å². The van der Waals surface area contributed by atoms with Crippen molar-refractivity contribution in [1.29, 1.82) is 0 Å². The number of amides is 1. The molecule has 1 aromatic rings. The van der Waals surface area contributed by atoms with Crippen molar-refractivity contribution in [1.82, 2.24) is 10.2 Å². The van der Waals surface area contributed by atoms with Crippen LogP contribution in [-0.2, 0) is 4.79 Å². The zero-order valence-corrected chi connectivity index (χ0v) is 9.24. The van der Waals surface area contributed by atoms with Crippen molar-refractivity contribution in [2.45, 2.75) is 25.7 Å². The number of carbonyl (C=O) groups is 2. The number of nitrogens with one attached hydrogen (secondary N) is 2. The van der Waals surface area contributed by atoms with Gasteiger partial charge in [-0.05, 0) is 12.8 Å². The van der Waals surface area contributed by atoms with E-state index >= 15 is 0 Å². The van der Waals surface area contributed by atoms with Gasteiger partial charge in [-0.3, -0.25) is 9.89 Å². The fourth-order valence-corrected chi connectivity index (χ4v) is 1.84. The maximum Gasteiger partial charge on any atom is 0.353 e. The Morgan fingerprint density at radius 2 is 2.17 bits per heavy atom. The zero-order chi connectivity index (χ0) is 13.3. The van der Waals surface area contributed by atoms with Gasteiger partial charge in [0, 0.05) is 6.07 Å². The van der Waals surface area contributed by atoms with E-state index in [0.717, 1.165) is 6.07 Å². The van der Waals surface area contributed by atoms with Gasteiger partial charge < -0.3 is 10.4 Å². The highest BCUT2D eigenvalue weighted by molar-refractivity contribution is 5.96. The van der Waals surface area contributed by atoms with Crippen LogP contribution in [0.3, 0.4) is 0 Å². The molecule has 1 aromatic heterocycles. The van der Waals surface area contributed by atoms with Gasteiger partial charge in [-0.25, -0.2) is 13.6 Å². The van der Waals surface area contributed by atoms with Crippen molar-refractivity contribution in [3.05, 3.63) is 11.8 Å². The standard InChI is InChI=1S/C10H11F2N3O3/c11-8(12)10(2-1-3-10)9(18)13-6-4-5(7(16)17)14-15-6/h4,8H,1-3H2,(H,16,17)(H2,13,14,15,18). The molecule has 8 heteroatoms. The summed E-state index contributed by atoms with van der Waals surface area (Å²) >= 11 is 0. The molecule has 0 saturated heterocycles. The number of aromatic nitrogens is 2. The van der Waals surface area contributed by atoms with Crippen LogP contribution in [0.4, 0.5) is 14.6 Å². The second-order valence-electron chi connectivity index (χ2n) is 4.24. The molecule has 0 spiro atoms. The molecule has 1 heterocycles. The monoisotopic (exact) mass is 259 g/mol. The van der Waals surface area contributed by atoms with Crippen molar-refractivity contribution in [3.63, 3.8) is 0 Å². The normalized spacial score (nSPS) is 17.3. The zero-order valence-electron chi connectivity index (χ0n) is 9.24. The summed E-state index contributed by atoms with van der Waals surface area (Å²) in [6, 6.07) is 1.08. The molecule has 98 valence electrons. The molecule has 1 aliphatic rings. The predicted octanol–water partition coefficient (Wildman–Crippen LogP) is 1.48. The maximum atomic E-state index is 12.8. The summed E-state index contributed by atoms with van der Waals surface area (Å²) in [5, 5.41) is 16.6. The van der Waals surface area contributed by atoms with Crippen molar-refractivity contribution in [2.75, 3.05) is 5.32 Å². The van der Waals surface area contributed by atoms with E-state index in [2.05, 4.69) is 15.5 Å². The fraction of sp³-hybridized carbons (Fsp3) is 0.500. The molecule has 0 atom stereocenters. The van der Waals surface area contributed by atoms with Crippen LogP contribution in [0.5, 0.6) is 0 Å². The van der Waals surface area contributed by atoms with Crippen LogP contribution in [-0.4, -0.2) is 33.6 Å². The molecule has 0 aliphatic heterocycles. The molecule has 1 saturated carbocycles. The van der Waals surface area contributed by atoms with Crippen LogP contribution in [0.15, 0.2) is 6.07 Å². The summed E-state index contributed by atoms with van der Waals surface area (Å²) in [5.74, 6) is -2.12. The highest BCUT2D eigenvalue weighted by Gasteiger charge is 2.52. The summed E-state index contributed by atoms with van der Waals surface area (Å²) in [4.78, 5) is 22.3. The number of carboxylic acids is 1. The Morgan fingerprint density at radius 3 is 2.56 bits per heavy atom. The minimum absolute atomic E-state index is 0.0654. The molecule has 2 rings (SSSR count). The number of alkyl halides is 2. The lowest BCUT2D eigenvalue weighted by Gasteiger charge is -2.38. The average molecular weight is 259 g/mol. The van der Waals surface area contributed by atoms with Crippen molar-refractivity contribution in [2.24, 2.45) is 5.41 Å². The molecular weight excluding hydrogens is 248 g/mol. The maximum absolute atomic E-state index is 12.8. The number of aromatic carboxylic acids is 1. The number of anilines is 1. The van der Waals surface area contributed by atoms with Crippen molar-refractivity contribution < 1.29 is 23.5 Å². The van der Waals surface area contributed by atoms with Gasteiger partial charge >= 0.3 is 5.97 Å². The Hall–Kier alpha value is -1.99. The van der Waals surface area contributed by atoms with E-state index in [1.54, 1.807) is 0 Å². The van der Waals surface area contributed by atoms with Gasteiger partial charge in [0.05, 0.1) is 0 Å². The summed E-state index contributed by atoms with van der Waals surface area (Å²) < 4.78 is 25.7. The number of rotatable bonds is 4. The van der Waals surface area contributed by atoms with E-state index in [1.165, 1.54) is 0 Å². The van der Waals surface area contributed by atoms with Gasteiger partial charge in [0.2, 0.25) is 5.91 Å². The number of H-pyrrole nitrogens is 1. The van der Waals surface area contributed by atoms with E-state index in [4.69, 9.17) is 5.11 Å². The van der Waals surface area contributed by atoms with E-state index < -0.39 is 23.7 Å². The molecule has 1 aliphatic carbocycles. The summed E-state index contributed by atoms with van der Waals surface area (Å²) in [6.07, 6.45) is -1.89. The first-order valence-electron chi connectivity index (χ1n) is 5.34. The smallest absolute Gasteiger partial charge is 0.353 e. The molecule has 3 N–H and O–H groups in total. The number of carboxylic acid groups (broad SMARTS) is 1.